The first-order chi connectivity index (χ1) is 17.3. The molecule has 0 spiro atoms. The van der Waals surface area contributed by atoms with Gasteiger partial charge in [0.1, 0.15) is 11.5 Å². The molecule has 2 atom stereocenters. The third-order valence-electron chi connectivity index (χ3n) is 6.55. The Morgan fingerprint density at radius 2 is 1.54 bits per heavy atom. The number of alkyl halides is 3. The van der Waals surface area contributed by atoms with Crippen LogP contribution in [-0.4, -0.2) is 31.5 Å². The van der Waals surface area contributed by atoms with Gasteiger partial charge in [0.15, 0.2) is 5.60 Å². The van der Waals surface area contributed by atoms with Crippen LogP contribution in [0.15, 0.2) is 65.5 Å². The molecule has 37 heavy (non-hydrogen) atoms. The van der Waals surface area contributed by atoms with Crippen molar-refractivity contribution in [1.82, 2.24) is 9.13 Å². The SMILES string of the molecule is C[C@H](c1ccc(Oc2ccc(C(=O)O)cc2)cc1Cl)[C@@](O)(c1ccc2c(c1)n(C)c(=O)n2C)C(F)(F)F. The monoisotopic (exact) mass is 534 g/mol. The Morgan fingerprint density at radius 3 is 2.11 bits per heavy atom. The van der Waals surface area contributed by atoms with Crippen molar-refractivity contribution in [1.29, 1.82) is 0 Å². The lowest BCUT2D eigenvalue weighted by Gasteiger charge is -2.37. The van der Waals surface area contributed by atoms with E-state index in [-0.39, 0.29) is 27.4 Å². The van der Waals surface area contributed by atoms with Crippen molar-refractivity contribution in [3.63, 3.8) is 0 Å². The summed E-state index contributed by atoms with van der Waals surface area (Å²) in [6.07, 6.45) is -5.09. The van der Waals surface area contributed by atoms with Gasteiger partial charge in [0.05, 0.1) is 16.6 Å². The van der Waals surface area contributed by atoms with Crippen molar-refractivity contribution in [2.24, 2.45) is 14.1 Å². The Balaban J connectivity index is 1.72. The number of aromatic nitrogens is 2. The van der Waals surface area contributed by atoms with Crippen LogP contribution in [-0.2, 0) is 19.7 Å². The van der Waals surface area contributed by atoms with E-state index in [1.807, 2.05) is 0 Å². The fraction of sp³-hybridized carbons (Fsp3) is 0.231. The number of aliphatic hydroxyl groups is 1. The van der Waals surface area contributed by atoms with E-state index in [2.05, 4.69) is 0 Å². The molecule has 11 heteroatoms. The summed E-state index contributed by atoms with van der Waals surface area (Å²) in [6.45, 7) is 1.22. The molecule has 0 radical (unpaired) electrons. The van der Waals surface area contributed by atoms with E-state index in [4.69, 9.17) is 21.4 Å². The lowest BCUT2D eigenvalue weighted by molar-refractivity contribution is -0.274. The Kier molecular flexibility index (Phi) is 6.60. The van der Waals surface area contributed by atoms with Crippen molar-refractivity contribution in [3.05, 3.63) is 92.9 Å². The number of ether oxygens (including phenoxy) is 1. The topological polar surface area (TPSA) is 93.7 Å². The molecule has 2 N–H and O–H groups in total. The minimum absolute atomic E-state index is 0.0251. The van der Waals surface area contributed by atoms with Crippen LogP contribution in [0, 0.1) is 0 Å². The van der Waals surface area contributed by atoms with Gasteiger partial charge in [-0.2, -0.15) is 13.2 Å². The summed E-state index contributed by atoms with van der Waals surface area (Å²) >= 11 is 6.36. The zero-order chi connectivity index (χ0) is 27.3. The predicted octanol–water partition coefficient (Wildman–Crippen LogP) is 5.57. The molecule has 194 valence electrons. The predicted molar refractivity (Wildman–Crippen MR) is 131 cm³/mol. The third-order valence-corrected chi connectivity index (χ3v) is 6.87. The number of aromatic carboxylic acids is 1. The summed E-state index contributed by atoms with van der Waals surface area (Å²) < 4.78 is 51.6. The number of carboxylic acid groups (broad SMARTS) is 1. The van der Waals surface area contributed by atoms with Crippen LogP contribution >= 0.6 is 11.6 Å². The van der Waals surface area contributed by atoms with E-state index < -0.39 is 34.9 Å². The maximum Gasteiger partial charge on any atom is 0.422 e. The molecule has 0 fully saturated rings. The van der Waals surface area contributed by atoms with Crippen LogP contribution in [0.2, 0.25) is 5.02 Å². The number of carbonyl (C=O) groups is 1. The highest BCUT2D eigenvalue weighted by atomic mass is 35.5. The van der Waals surface area contributed by atoms with Gasteiger partial charge in [0, 0.05) is 25.0 Å². The quantitative estimate of drug-likeness (QED) is 0.337. The number of imidazole rings is 1. The molecule has 0 aliphatic carbocycles. The summed E-state index contributed by atoms with van der Waals surface area (Å²) in [5.74, 6) is -2.13. The second kappa shape index (κ2) is 9.28. The Bertz CT molecular complexity index is 1560. The number of benzene rings is 3. The Morgan fingerprint density at radius 1 is 0.946 bits per heavy atom. The number of hydrogen-bond acceptors (Lipinski definition) is 4. The van der Waals surface area contributed by atoms with Crippen molar-refractivity contribution in [3.8, 4) is 11.5 Å². The van der Waals surface area contributed by atoms with E-state index in [9.17, 15) is 27.9 Å². The summed E-state index contributed by atoms with van der Waals surface area (Å²) in [5, 5.41) is 20.1. The summed E-state index contributed by atoms with van der Waals surface area (Å²) in [7, 11) is 2.95. The highest BCUT2D eigenvalue weighted by molar-refractivity contribution is 6.31. The Hall–Kier alpha value is -3.76. The minimum atomic E-state index is -5.09. The maximum atomic E-state index is 14.5. The van der Waals surface area contributed by atoms with Crippen molar-refractivity contribution >= 4 is 28.6 Å². The lowest BCUT2D eigenvalue weighted by atomic mass is 9.77. The molecule has 1 aromatic heterocycles. The first kappa shape index (κ1) is 26.3. The summed E-state index contributed by atoms with van der Waals surface area (Å²) in [4.78, 5) is 23.2. The fourth-order valence-electron chi connectivity index (χ4n) is 4.35. The van der Waals surface area contributed by atoms with Gasteiger partial charge in [-0.3, -0.25) is 9.13 Å². The molecule has 1 heterocycles. The highest BCUT2D eigenvalue weighted by Crippen LogP contribution is 2.50. The third kappa shape index (κ3) is 4.47. The molecule has 0 unspecified atom stereocenters. The van der Waals surface area contributed by atoms with E-state index in [1.165, 1.54) is 78.7 Å². The summed E-state index contributed by atoms with van der Waals surface area (Å²) in [6, 6.07) is 13.3. The van der Waals surface area contributed by atoms with Gasteiger partial charge in [-0.05, 0) is 59.7 Å². The molecule has 4 rings (SSSR count). The second-order valence-electron chi connectivity index (χ2n) is 8.70. The minimum Gasteiger partial charge on any atom is -0.478 e. The molecule has 4 aromatic rings. The maximum absolute atomic E-state index is 14.5. The van der Waals surface area contributed by atoms with Gasteiger partial charge in [-0.15, -0.1) is 0 Å². The van der Waals surface area contributed by atoms with Gasteiger partial charge >= 0.3 is 17.8 Å². The highest BCUT2D eigenvalue weighted by Gasteiger charge is 2.59. The number of halogens is 4. The molecular weight excluding hydrogens is 513 g/mol. The normalized spacial score (nSPS) is 14.4. The fourth-order valence-corrected chi connectivity index (χ4v) is 4.69. The van der Waals surface area contributed by atoms with E-state index in [0.29, 0.717) is 11.3 Å². The first-order valence-corrected chi connectivity index (χ1v) is 11.4. The van der Waals surface area contributed by atoms with E-state index in [1.54, 1.807) is 0 Å². The molecule has 0 amide bonds. The van der Waals surface area contributed by atoms with Crippen LogP contribution < -0.4 is 10.4 Å². The number of rotatable bonds is 6. The van der Waals surface area contributed by atoms with Crippen LogP contribution in [0.5, 0.6) is 11.5 Å². The number of fused-ring (bicyclic) bond motifs is 1. The molecule has 0 saturated carbocycles. The van der Waals surface area contributed by atoms with Crippen LogP contribution in [0.25, 0.3) is 11.0 Å². The van der Waals surface area contributed by atoms with Crippen molar-refractivity contribution in [2.75, 3.05) is 0 Å². The van der Waals surface area contributed by atoms with E-state index >= 15 is 0 Å². The average molecular weight is 535 g/mol. The molecule has 0 aliphatic rings. The molecular formula is C26H22ClF3N2O5. The van der Waals surface area contributed by atoms with Gasteiger partial charge in [-0.25, -0.2) is 9.59 Å². The van der Waals surface area contributed by atoms with E-state index in [0.717, 1.165) is 12.1 Å². The van der Waals surface area contributed by atoms with Gasteiger partial charge < -0.3 is 14.9 Å². The average Bonchev–Trinajstić information content (AvgIpc) is 3.06. The standard InChI is InChI=1S/C26H22ClF3N2O5/c1-14(19-10-9-18(13-20(19)27)37-17-7-4-15(5-8-17)23(33)34)25(36,26(28,29)30)16-6-11-21-22(12-16)32(3)24(35)31(21)2/h4-14,36H,1-3H3,(H,33,34)/t14-,25-/m1/s1. The van der Waals surface area contributed by atoms with Gasteiger partial charge in [0.2, 0.25) is 0 Å². The smallest absolute Gasteiger partial charge is 0.422 e. The second-order valence-corrected chi connectivity index (χ2v) is 9.11. The molecule has 0 bridgehead atoms. The first-order valence-electron chi connectivity index (χ1n) is 11.0. The largest absolute Gasteiger partial charge is 0.478 e. The lowest BCUT2D eigenvalue weighted by Crippen LogP contribution is -2.46. The van der Waals surface area contributed by atoms with Gasteiger partial charge in [0.25, 0.3) is 0 Å². The van der Waals surface area contributed by atoms with Gasteiger partial charge in [-0.1, -0.05) is 30.7 Å². The van der Waals surface area contributed by atoms with Crippen molar-refractivity contribution in [2.45, 2.75) is 24.6 Å². The molecule has 0 aliphatic heterocycles. The Labute approximate surface area is 213 Å². The number of hydrogen-bond donors (Lipinski definition) is 2. The molecule has 7 nitrogen and oxygen atoms in total. The number of carboxylic acids is 1. The zero-order valence-electron chi connectivity index (χ0n) is 19.9. The van der Waals surface area contributed by atoms with Crippen molar-refractivity contribution < 1.29 is 32.9 Å². The van der Waals surface area contributed by atoms with Crippen LogP contribution in [0.3, 0.4) is 0 Å². The molecule has 0 saturated heterocycles. The van der Waals surface area contributed by atoms with Crippen LogP contribution in [0.4, 0.5) is 13.2 Å². The summed E-state index contributed by atoms with van der Waals surface area (Å²) in [5.41, 5.74) is -3.42. The molecule has 3 aromatic carbocycles. The van der Waals surface area contributed by atoms with Crippen LogP contribution in [0.1, 0.15) is 34.3 Å². The number of aryl methyl sites for hydroxylation is 2. The zero-order valence-corrected chi connectivity index (χ0v) is 20.6. The number of nitrogens with zero attached hydrogens (tertiary/aromatic N) is 2.